The van der Waals surface area contributed by atoms with Crippen molar-refractivity contribution >= 4 is 11.8 Å². The number of alkyl halides is 3. The van der Waals surface area contributed by atoms with E-state index in [2.05, 4.69) is 0 Å². The molecule has 2 atom stereocenters. The molecule has 3 N–H and O–H groups in total. The summed E-state index contributed by atoms with van der Waals surface area (Å²) in [6.07, 6.45) is -4.38. The number of halogens is 5. The summed E-state index contributed by atoms with van der Waals surface area (Å²) in [5.74, 6) is -3.86. The molecule has 2 aliphatic heterocycles. The molecule has 0 radical (unpaired) electrons. The molecule has 2 aliphatic rings. The lowest BCUT2D eigenvalue weighted by atomic mass is 9.89. The van der Waals surface area contributed by atoms with Gasteiger partial charge in [-0.2, -0.15) is 13.2 Å². The van der Waals surface area contributed by atoms with Crippen LogP contribution in [0.25, 0.3) is 11.1 Å². The molecule has 0 spiro atoms. The molecule has 12 heteroatoms. The van der Waals surface area contributed by atoms with Crippen molar-refractivity contribution in [3.63, 3.8) is 0 Å². The van der Waals surface area contributed by atoms with E-state index in [0.717, 1.165) is 4.90 Å². The van der Waals surface area contributed by atoms with Gasteiger partial charge < -0.3 is 25.4 Å². The zero-order valence-electron chi connectivity index (χ0n) is 22.9. The number of nitrogens with zero attached hydrogens (tertiary/aromatic N) is 2. The Morgan fingerprint density at radius 3 is 2.32 bits per heavy atom. The summed E-state index contributed by atoms with van der Waals surface area (Å²) in [6.45, 7) is 2.88. The van der Waals surface area contributed by atoms with Crippen molar-refractivity contribution < 1.29 is 41.4 Å². The topological polar surface area (TPSA) is 96.1 Å². The second kappa shape index (κ2) is 11.9. The number of hydrogen-bond donors (Lipinski definition) is 2. The van der Waals surface area contributed by atoms with Crippen LogP contribution >= 0.6 is 0 Å². The van der Waals surface area contributed by atoms with Crippen LogP contribution in [-0.4, -0.2) is 77.8 Å². The van der Waals surface area contributed by atoms with Crippen molar-refractivity contribution in [3.05, 3.63) is 53.6 Å². The summed E-state index contributed by atoms with van der Waals surface area (Å²) >= 11 is 0. The van der Waals surface area contributed by atoms with Gasteiger partial charge in [0.25, 0.3) is 5.91 Å². The lowest BCUT2D eigenvalue weighted by Gasteiger charge is -2.38. The standard InChI is InChI=1S/C29H34F5N3O4/c1-28(2,29(32,33)34)16-36-11-9-17(10-12-36)15-41-23-8-7-20(19-5-3-4-6-21(19)30)24(25(23)31)27(40)37-14-18(38)13-22(37)26(35)39/h3-8,17-18,22,38H,9-16H2,1-2H3,(H2,35,39)/t18-,22+/m1/s1. The molecule has 0 saturated carbocycles. The summed E-state index contributed by atoms with van der Waals surface area (Å²) in [6, 6.07) is 7.02. The number of rotatable bonds is 8. The third-order valence-electron chi connectivity index (χ3n) is 7.92. The zero-order chi connectivity index (χ0) is 30.1. The van der Waals surface area contributed by atoms with Crippen LogP contribution in [0.4, 0.5) is 22.0 Å². The van der Waals surface area contributed by atoms with E-state index in [0.29, 0.717) is 25.9 Å². The molecule has 0 aliphatic carbocycles. The average molecular weight is 584 g/mol. The Morgan fingerprint density at radius 2 is 1.71 bits per heavy atom. The smallest absolute Gasteiger partial charge is 0.395 e. The van der Waals surface area contributed by atoms with Crippen LogP contribution in [0.2, 0.25) is 0 Å². The van der Waals surface area contributed by atoms with Crippen molar-refractivity contribution in [3.8, 4) is 16.9 Å². The van der Waals surface area contributed by atoms with Crippen LogP contribution in [0.15, 0.2) is 36.4 Å². The quantitative estimate of drug-likeness (QED) is 0.450. The SMILES string of the molecule is CC(C)(CN1CCC(COc2ccc(-c3ccccc3F)c(C(=O)N3C[C@H](O)C[C@H]3C(N)=O)c2F)CC1)C(F)(F)F. The van der Waals surface area contributed by atoms with Crippen LogP contribution < -0.4 is 10.5 Å². The number of primary amides is 1. The Labute approximate surface area is 235 Å². The van der Waals surface area contributed by atoms with Crippen molar-refractivity contribution in [1.82, 2.24) is 9.80 Å². The minimum Gasteiger partial charge on any atom is -0.490 e. The Balaban J connectivity index is 1.54. The first-order valence-corrected chi connectivity index (χ1v) is 13.5. The molecule has 4 rings (SSSR count). The lowest BCUT2D eigenvalue weighted by Crippen LogP contribution is -2.46. The zero-order valence-corrected chi connectivity index (χ0v) is 22.9. The van der Waals surface area contributed by atoms with E-state index in [1.165, 1.54) is 50.2 Å². The number of hydrogen-bond acceptors (Lipinski definition) is 5. The van der Waals surface area contributed by atoms with Gasteiger partial charge in [-0.25, -0.2) is 8.78 Å². The Kier molecular flexibility index (Phi) is 8.93. The van der Waals surface area contributed by atoms with E-state index in [4.69, 9.17) is 10.5 Å². The lowest BCUT2D eigenvalue weighted by molar-refractivity contribution is -0.217. The molecule has 2 aromatic rings. The number of carbonyl (C=O) groups excluding carboxylic acids is 2. The molecule has 2 saturated heterocycles. The number of aliphatic hydroxyl groups is 1. The Hall–Kier alpha value is -3.25. The molecule has 7 nitrogen and oxygen atoms in total. The Morgan fingerprint density at radius 1 is 1.05 bits per heavy atom. The number of carbonyl (C=O) groups is 2. The number of piperidine rings is 1. The summed E-state index contributed by atoms with van der Waals surface area (Å²) in [7, 11) is 0. The third-order valence-corrected chi connectivity index (χ3v) is 7.92. The maximum Gasteiger partial charge on any atom is 0.395 e. The van der Waals surface area contributed by atoms with Crippen molar-refractivity contribution in [2.75, 3.05) is 32.8 Å². The highest BCUT2D eigenvalue weighted by atomic mass is 19.4. The van der Waals surface area contributed by atoms with Gasteiger partial charge in [-0.3, -0.25) is 9.59 Å². The Bertz CT molecular complexity index is 1280. The average Bonchev–Trinajstić information content (AvgIpc) is 3.30. The first-order valence-electron chi connectivity index (χ1n) is 13.5. The van der Waals surface area contributed by atoms with Gasteiger partial charge in [-0.1, -0.05) is 18.2 Å². The first kappa shape index (κ1) is 30.7. The van der Waals surface area contributed by atoms with Gasteiger partial charge in [0.1, 0.15) is 11.9 Å². The van der Waals surface area contributed by atoms with E-state index >= 15 is 4.39 Å². The molecule has 2 aromatic carbocycles. The molecule has 0 unspecified atom stereocenters. The molecule has 0 aromatic heterocycles. The van der Waals surface area contributed by atoms with Gasteiger partial charge in [0, 0.05) is 30.6 Å². The molecule has 41 heavy (non-hydrogen) atoms. The molecule has 0 bridgehead atoms. The second-order valence-corrected chi connectivity index (χ2v) is 11.5. The maximum atomic E-state index is 16.0. The fourth-order valence-electron chi connectivity index (χ4n) is 5.40. The van der Waals surface area contributed by atoms with E-state index in [1.54, 1.807) is 4.90 Å². The van der Waals surface area contributed by atoms with Gasteiger partial charge >= 0.3 is 6.18 Å². The number of benzene rings is 2. The number of likely N-dealkylation sites (tertiary alicyclic amines) is 2. The fraction of sp³-hybridized carbons (Fsp3) is 0.517. The molecular weight excluding hydrogens is 549 g/mol. The number of β-amino-alcohol motifs (C(OH)–C–C–N with tert-alkyl or cyclic N) is 1. The van der Waals surface area contributed by atoms with Crippen LogP contribution in [0.1, 0.15) is 43.5 Å². The number of amides is 2. The largest absolute Gasteiger partial charge is 0.490 e. The van der Waals surface area contributed by atoms with Crippen LogP contribution in [0.5, 0.6) is 5.75 Å². The number of ether oxygens (including phenoxy) is 1. The molecule has 224 valence electrons. The minimum absolute atomic E-state index is 0.0363. The predicted molar refractivity (Wildman–Crippen MR) is 141 cm³/mol. The van der Waals surface area contributed by atoms with Gasteiger partial charge in [-0.05, 0) is 63.9 Å². The van der Waals surface area contributed by atoms with Gasteiger partial charge in [0.15, 0.2) is 11.6 Å². The van der Waals surface area contributed by atoms with Gasteiger partial charge in [0.05, 0.1) is 23.7 Å². The highest BCUT2D eigenvalue weighted by molar-refractivity contribution is 6.03. The molecule has 2 fully saturated rings. The van der Waals surface area contributed by atoms with Crippen LogP contribution in [-0.2, 0) is 4.79 Å². The normalized spacial score (nSPS) is 20.8. The number of aliphatic hydroxyl groups excluding tert-OH is 1. The van der Waals surface area contributed by atoms with E-state index in [-0.39, 0.29) is 48.9 Å². The maximum absolute atomic E-state index is 16.0. The van der Waals surface area contributed by atoms with Crippen LogP contribution in [0.3, 0.4) is 0 Å². The fourth-order valence-corrected chi connectivity index (χ4v) is 5.40. The molecule has 2 heterocycles. The van der Waals surface area contributed by atoms with Crippen molar-refractivity contribution in [2.24, 2.45) is 17.1 Å². The monoisotopic (exact) mass is 583 g/mol. The summed E-state index contributed by atoms with van der Waals surface area (Å²) in [4.78, 5) is 28.3. The van der Waals surface area contributed by atoms with Crippen molar-refractivity contribution in [1.29, 1.82) is 0 Å². The summed E-state index contributed by atoms with van der Waals surface area (Å²) < 4.78 is 76.3. The highest BCUT2D eigenvalue weighted by Crippen LogP contribution is 2.39. The molecule has 2 amide bonds. The number of nitrogens with two attached hydrogens (primary N) is 1. The summed E-state index contributed by atoms with van der Waals surface area (Å²) in [5.41, 5.74) is 2.97. The van der Waals surface area contributed by atoms with E-state index in [9.17, 15) is 32.3 Å². The van der Waals surface area contributed by atoms with E-state index in [1.807, 2.05) is 0 Å². The summed E-state index contributed by atoms with van der Waals surface area (Å²) in [5, 5.41) is 10.1. The minimum atomic E-state index is -4.32. The van der Waals surface area contributed by atoms with Crippen LogP contribution in [0, 0.1) is 23.0 Å². The highest BCUT2D eigenvalue weighted by Gasteiger charge is 2.48. The third kappa shape index (κ3) is 6.64. The van der Waals surface area contributed by atoms with E-state index < -0.39 is 52.7 Å². The van der Waals surface area contributed by atoms with Gasteiger partial charge in [0.2, 0.25) is 5.91 Å². The predicted octanol–water partition coefficient (Wildman–Crippen LogP) is 4.37. The molecular formula is C29H34F5N3O4. The van der Waals surface area contributed by atoms with Crippen molar-refractivity contribution in [2.45, 2.75) is 51.4 Å². The first-order chi connectivity index (χ1) is 19.2. The van der Waals surface area contributed by atoms with Gasteiger partial charge in [-0.15, -0.1) is 0 Å². The second-order valence-electron chi connectivity index (χ2n) is 11.5.